The van der Waals surface area contributed by atoms with E-state index in [9.17, 15) is 29.7 Å². The van der Waals surface area contributed by atoms with Crippen molar-refractivity contribution in [2.45, 2.75) is 107 Å². The number of rotatable bonds is 0. The fourth-order valence-corrected chi connectivity index (χ4v) is 1.19. The Balaban J connectivity index is -0.000000104. The van der Waals surface area contributed by atoms with Gasteiger partial charge in [-0.1, -0.05) is 75.2 Å². The van der Waals surface area contributed by atoms with Gasteiger partial charge >= 0.3 is 21.1 Å². The summed E-state index contributed by atoms with van der Waals surface area (Å²) in [6.45, 7) is 15.4. The molecule has 0 bridgehead atoms. The Labute approximate surface area is 219 Å². The van der Waals surface area contributed by atoms with Gasteiger partial charge in [-0.3, -0.25) is 0 Å². The number of carboxylic acids is 4. The standard InChI is InChI=1S/C6H14N2.3C5H10O2.C2H4O2.Pt/c7-5-3-1-2-4-6(5)8;3*1-5(2,3)4(6)7;1-2(3)4;/h5-6H,1-4,7-8H2;3*1-3H3,(H,6,7);1H3,(H,3,4);/q;;;;;+4/p-4. The van der Waals surface area contributed by atoms with Crippen molar-refractivity contribution in [3.63, 3.8) is 0 Å². The van der Waals surface area contributed by atoms with Crippen LogP contribution in [0.1, 0.15) is 94.9 Å². The van der Waals surface area contributed by atoms with Crippen molar-refractivity contribution < 1.29 is 60.7 Å². The van der Waals surface area contributed by atoms with Gasteiger partial charge in [0.1, 0.15) is 0 Å². The van der Waals surface area contributed by atoms with Gasteiger partial charge in [0.05, 0.1) is 0 Å². The summed E-state index contributed by atoms with van der Waals surface area (Å²) in [7, 11) is 0. The molecule has 1 saturated carbocycles. The van der Waals surface area contributed by atoms with Gasteiger partial charge in [0.25, 0.3) is 0 Å². The molecule has 2 atom stereocenters. The van der Waals surface area contributed by atoms with Gasteiger partial charge in [-0.05, 0) is 19.8 Å². The first-order chi connectivity index (χ1) is 14.4. The molecule has 1 aliphatic carbocycles. The number of carboxylic acid groups (broad SMARTS) is 4. The molecule has 2 unspecified atom stereocenters. The molecule has 204 valence electrons. The Morgan fingerprint density at radius 2 is 0.706 bits per heavy atom. The van der Waals surface area contributed by atoms with Crippen LogP contribution >= 0.6 is 0 Å². The number of carbonyl (C=O) groups is 4. The molecule has 0 saturated heterocycles. The first-order valence-corrected chi connectivity index (χ1v) is 10.7. The first kappa shape index (κ1) is 42.6. The van der Waals surface area contributed by atoms with Crippen LogP contribution in [-0.4, -0.2) is 36.0 Å². The fraction of sp³-hybridized carbons (Fsp3) is 0.826. The number of aliphatic carboxylic acids is 4. The van der Waals surface area contributed by atoms with E-state index >= 15 is 0 Å². The van der Waals surface area contributed by atoms with Crippen molar-refractivity contribution in [2.75, 3.05) is 0 Å². The Bertz CT molecular complexity index is 520. The molecule has 1 rings (SSSR count). The number of hydrogen-bond acceptors (Lipinski definition) is 10. The molecular formula is C23H44N2O8Pt. The monoisotopic (exact) mass is 671 g/mol. The third-order valence-corrected chi connectivity index (χ3v) is 3.71. The molecule has 1 aliphatic rings. The molecule has 0 aromatic rings. The summed E-state index contributed by atoms with van der Waals surface area (Å²) in [6.07, 6.45) is 4.80. The minimum absolute atomic E-state index is 0. The van der Waals surface area contributed by atoms with E-state index in [1.54, 1.807) is 62.3 Å². The van der Waals surface area contributed by atoms with Crippen molar-refractivity contribution in [1.29, 1.82) is 0 Å². The van der Waals surface area contributed by atoms with Gasteiger partial charge in [0.15, 0.2) is 0 Å². The minimum Gasteiger partial charge on any atom is -0.550 e. The average molecular weight is 672 g/mol. The molecule has 10 nitrogen and oxygen atoms in total. The van der Waals surface area contributed by atoms with Crippen LogP contribution in [0.25, 0.3) is 0 Å². The number of carbonyl (C=O) groups excluding carboxylic acids is 4. The molecule has 0 heterocycles. The van der Waals surface area contributed by atoms with Crippen LogP contribution in [0.4, 0.5) is 0 Å². The predicted molar refractivity (Wildman–Crippen MR) is 118 cm³/mol. The van der Waals surface area contributed by atoms with Crippen molar-refractivity contribution in [3.8, 4) is 0 Å². The third kappa shape index (κ3) is 35.1. The molecule has 4 N–H and O–H groups in total. The van der Waals surface area contributed by atoms with Gasteiger partial charge in [-0.15, -0.1) is 0 Å². The summed E-state index contributed by atoms with van der Waals surface area (Å²) >= 11 is 0. The molecule has 0 radical (unpaired) electrons. The zero-order valence-corrected chi connectivity index (χ0v) is 24.5. The van der Waals surface area contributed by atoms with Crippen LogP contribution in [0, 0.1) is 16.2 Å². The van der Waals surface area contributed by atoms with Gasteiger partial charge in [0, 0.05) is 52.2 Å². The van der Waals surface area contributed by atoms with Crippen molar-refractivity contribution in [3.05, 3.63) is 0 Å². The molecule has 34 heavy (non-hydrogen) atoms. The fourth-order valence-electron chi connectivity index (χ4n) is 1.19. The quantitative estimate of drug-likeness (QED) is 0.298. The van der Waals surface area contributed by atoms with E-state index in [0.717, 1.165) is 19.8 Å². The first-order valence-electron chi connectivity index (χ1n) is 10.7. The minimum atomic E-state index is -1.08. The van der Waals surface area contributed by atoms with E-state index in [1.807, 2.05) is 0 Å². The Morgan fingerprint density at radius 3 is 0.765 bits per heavy atom. The Morgan fingerprint density at radius 1 is 0.588 bits per heavy atom. The van der Waals surface area contributed by atoms with E-state index < -0.39 is 40.1 Å². The normalized spacial score (nSPS) is 17.1. The topological polar surface area (TPSA) is 213 Å². The molecule has 0 aliphatic heterocycles. The van der Waals surface area contributed by atoms with Crippen LogP contribution in [0.2, 0.25) is 0 Å². The molecule has 11 heteroatoms. The maximum atomic E-state index is 9.91. The average Bonchev–Trinajstić information content (AvgIpc) is 2.56. The summed E-state index contributed by atoms with van der Waals surface area (Å²) in [6, 6.07) is 0.562. The van der Waals surface area contributed by atoms with E-state index in [0.29, 0.717) is 0 Å². The largest absolute Gasteiger partial charge is 4.00 e. The second-order valence-corrected chi connectivity index (χ2v) is 10.7. The summed E-state index contributed by atoms with van der Waals surface area (Å²) < 4.78 is 0. The van der Waals surface area contributed by atoms with Crippen molar-refractivity contribution in [1.82, 2.24) is 0 Å². The van der Waals surface area contributed by atoms with E-state index in [-0.39, 0.29) is 33.1 Å². The van der Waals surface area contributed by atoms with E-state index in [4.69, 9.17) is 21.4 Å². The Hall–Kier alpha value is -1.51. The zero-order chi connectivity index (χ0) is 27.8. The van der Waals surface area contributed by atoms with Gasteiger partial charge in [0.2, 0.25) is 0 Å². The Kier molecular flexibility index (Phi) is 24.8. The molecular weight excluding hydrogens is 627 g/mol. The number of hydrogen-bond donors (Lipinski definition) is 2. The van der Waals surface area contributed by atoms with Crippen molar-refractivity contribution in [2.24, 2.45) is 27.7 Å². The predicted octanol–water partition coefficient (Wildman–Crippen LogP) is -1.68. The molecule has 1 fully saturated rings. The molecule has 0 aromatic carbocycles. The van der Waals surface area contributed by atoms with Gasteiger partial charge in [-0.25, -0.2) is 0 Å². The van der Waals surface area contributed by atoms with Crippen LogP contribution in [0.5, 0.6) is 0 Å². The van der Waals surface area contributed by atoms with Crippen LogP contribution in [0.15, 0.2) is 0 Å². The smallest absolute Gasteiger partial charge is 0.550 e. The van der Waals surface area contributed by atoms with Crippen molar-refractivity contribution >= 4 is 23.9 Å². The summed E-state index contributed by atoms with van der Waals surface area (Å²) in [4.78, 5) is 38.6. The molecule has 0 amide bonds. The molecule has 0 aromatic heterocycles. The summed E-state index contributed by atoms with van der Waals surface area (Å²) in [5.41, 5.74) is 9.22. The SMILES string of the molecule is CC(=O)[O-].CC(C)(C)C(=O)[O-].CC(C)(C)C(=O)[O-].CC(C)(C)C(=O)[O-].NC1CCCCC1N.[Pt+4]. The van der Waals surface area contributed by atoms with Crippen LogP contribution in [0.3, 0.4) is 0 Å². The van der Waals surface area contributed by atoms with Crippen LogP contribution in [-0.2, 0) is 40.2 Å². The third-order valence-electron chi connectivity index (χ3n) is 3.71. The second kappa shape index (κ2) is 19.8. The van der Waals surface area contributed by atoms with E-state index in [1.165, 1.54) is 12.8 Å². The van der Waals surface area contributed by atoms with Crippen LogP contribution < -0.4 is 31.9 Å². The van der Waals surface area contributed by atoms with Gasteiger partial charge in [-0.2, -0.15) is 0 Å². The second-order valence-electron chi connectivity index (χ2n) is 10.7. The maximum Gasteiger partial charge on any atom is 4.00 e. The number of nitrogens with two attached hydrogens (primary N) is 2. The summed E-state index contributed by atoms with van der Waals surface area (Å²) in [5, 5.41) is 38.6. The molecule has 0 spiro atoms. The van der Waals surface area contributed by atoms with E-state index in [2.05, 4.69) is 0 Å². The zero-order valence-electron chi connectivity index (χ0n) is 22.2. The summed E-state index contributed by atoms with van der Waals surface area (Å²) in [5.74, 6) is -4.10. The van der Waals surface area contributed by atoms with Gasteiger partial charge < -0.3 is 51.1 Å². The maximum absolute atomic E-state index is 9.91.